The first-order valence-electron chi connectivity index (χ1n) is 5.51. The van der Waals surface area contributed by atoms with Crippen LogP contribution in [0.15, 0.2) is 24.3 Å². The number of benzene rings is 1. The van der Waals surface area contributed by atoms with E-state index in [2.05, 4.69) is 36.7 Å². The molecule has 3 heteroatoms. The van der Waals surface area contributed by atoms with Crippen molar-refractivity contribution in [3.05, 3.63) is 29.8 Å². The number of nitrogens with zero attached hydrogens (tertiary/aromatic N) is 2. The monoisotopic (exact) mass is 232 g/mol. The Hall–Kier alpha value is -1.14. The topological polar surface area (TPSA) is 27.0 Å². The summed E-state index contributed by atoms with van der Waals surface area (Å²) in [6.07, 6.45) is 2.55. The maximum atomic E-state index is 8.85. The van der Waals surface area contributed by atoms with Crippen LogP contribution < -0.4 is 4.90 Å². The molecule has 1 aliphatic carbocycles. The number of nitriles is 1. The molecule has 0 unspecified atom stereocenters. The van der Waals surface area contributed by atoms with Crippen LogP contribution in [0.4, 0.5) is 5.69 Å². The van der Waals surface area contributed by atoms with Crippen LogP contribution >= 0.6 is 12.6 Å². The highest BCUT2D eigenvalue weighted by Gasteiger charge is 2.42. The Bertz CT molecular complexity index is 418. The molecule has 1 aromatic rings. The van der Waals surface area contributed by atoms with Gasteiger partial charge in [-0.1, -0.05) is 6.07 Å². The summed E-state index contributed by atoms with van der Waals surface area (Å²) >= 11 is 4.41. The van der Waals surface area contributed by atoms with Gasteiger partial charge in [-0.2, -0.15) is 17.9 Å². The molecular weight excluding hydrogens is 216 g/mol. The molecule has 0 amide bonds. The van der Waals surface area contributed by atoms with E-state index in [-0.39, 0.29) is 0 Å². The van der Waals surface area contributed by atoms with Crippen LogP contribution in [0, 0.1) is 16.7 Å². The van der Waals surface area contributed by atoms with E-state index in [9.17, 15) is 0 Å². The SMILES string of the molecule is CN(CC1(CS)CC1)c1cccc(C#N)c1. The predicted octanol–water partition coefficient (Wildman–Crippen LogP) is 2.70. The second-order valence-corrected chi connectivity index (χ2v) is 4.99. The van der Waals surface area contributed by atoms with Crippen molar-refractivity contribution in [1.29, 1.82) is 5.26 Å². The molecule has 0 N–H and O–H groups in total. The van der Waals surface area contributed by atoms with Crippen LogP contribution in [0.3, 0.4) is 0 Å². The van der Waals surface area contributed by atoms with Crippen LogP contribution in [0.1, 0.15) is 18.4 Å². The lowest BCUT2D eigenvalue weighted by Gasteiger charge is -2.24. The Balaban J connectivity index is 2.09. The highest BCUT2D eigenvalue weighted by Crippen LogP contribution is 2.47. The lowest BCUT2D eigenvalue weighted by Crippen LogP contribution is -2.27. The molecule has 2 rings (SSSR count). The third-order valence-electron chi connectivity index (χ3n) is 3.28. The summed E-state index contributed by atoms with van der Waals surface area (Å²) in [6, 6.07) is 9.93. The Labute approximate surface area is 102 Å². The summed E-state index contributed by atoms with van der Waals surface area (Å²) in [7, 11) is 2.08. The van der Waals surface area contributed by atoms with Gasteiger partial charge >= 0.3 is 0 Å². The van der Waals surface area contributed by atoms with Crippen LogP contribution in [-0.2, 0) is 0 Å². The summed E-state index contributed by atoms with van der Waals surface area (Å²) in [5.41, 5.74) is 2.26. The third kappa shape index (κ3) is 2.33. The van der Waals surface area contributed by atoms with Gasteiger partial charge in [-0.15, -0.1) is 0 Å². The molecule has 0 spiro atoms. The number of thiol groups is 1. The Morgan fingerprint density at radius 1 is 1.50 bits per heavy atom. The fraction of sp³-hybridized carbons (Fsp3) is 0.462. The van der Waals surface area contributed by atoms with Gasteiger partial charge < -0.3 is 4.90 Å². The first-order valence-corrected chi connectivity index (χ1v) is 6.14. The van der Waals surface area contributed by atoms with Crippen molar-refractivity contribution < 1.29 is 0 Å². The summed E-state index contributed by atoms with van der Waals surface area (Å²) < 4.78 is 0. The number of rotatable bonds is 4. The highest BCUT2D eigenvalue weighted by atomic mass is 32.1. The van der Waals surface area contributed by atoms with Gasteiger partial charge in [0.2, 0.25) is 0 Å². The molecule has 0 atom stereocenters. The lowest BCUT2D eigenvalue weighted by molar-refractivity contribution is 0.581. The molecule has 2 nitrogen and oxygen atoms in total. The smallest absolute Gasteiger partial charge is 0.0992 e. The molecule has 1 aliphatic rings. The summed E-state index contributed by atoms with van der Waals surface area (Å²) in [5.74, 6) is 0.954. The first-order chi connectivity index (χ1) is 7.69. The quantitative estimate of drug-likeness (QED) is 0.808. The van der Waals surface area contributed by atoms with E-state index in [1.165, 1.54) is 12.8 Å². The minimum absolute atomic E-state index is 0.417. The second-order valence-electron chi connectivity index (χ2n) is 4.68. The van der Waals surface area contributed by atoms with Crippen molar-refractivity contribution in [2.75, 3.05) is 24.2 Å². The number of hydrogen-bond acceptors (Lipinski definition) is 3. The summed E-state index contributed by atoms with van der Waals surface area (Å²) in [6.45, 7) is 1.03. The minimum Gasteiger partial charge on any atom is -0.374 e. The average Bonchev–Trinajstić information content (AvgIpc) is 3.09. The van der Waals surface area contributed by atoms with Gasteiger partial charge in [0.15, 0.2) is 0 Å². The molecule has 1 aromatic carbocycles. The molecule has 1 saturated carbocycles. The summed E-state index contributed by atoms with van der Waals surface area (Å²) in [5, 5.41) is 8.85. The van der Waals surface area contributed by atoms with Crippen molar-refractivity contribution in [3.63, 3.8) is 0 Å². The van der Waals surface area contributed by atoms with Crippen molar-refractivity contribution in [2.24, 2.45) is 5.41 Å². The average molecular weight is 232 g/mol. The fourth-order valence-corrected chi connectivity index (χ4v) is 2.37. The van der Waals surface area contributed by atoms with Crippen LogP contribution in [0.2, 0.25) is 0 Å². The standard InChI is InChI=1S/C13H16N2S/c1-15(9-13(10-16)5-6-13)12-4-2-3-11(7-12)8-14/h2-4,7,16H,5-6,9-10H2,1H3. The van der Waals surface area contributed by atoms with Gasteiger partial charge in [-0.25, -0.2) is 0 Å². The van der Waals surface area contributed by atoms with E-state index in [0.717, 1.165) is 23.5 Å². The largest absolute Gasteiger partial charge is 0.374 e. The molecular formula is C13H16N2S. The number of anilines is 1. The maximum absolute atomic E-state index is 8.85. The molecule has 0 bridgehead atoms. The van der Waals surface area contributed by atoms with Crippen LogP contribution in [0.5, 0.6) is 0 Å². The lowest BCUT2D eigenvalue weighted by atomic mass is 10.1. The molecule has 0 heterocycles. The van der Waals surface area contributed by atoms with Crippen molar-refractivity contribution in [3.8, 4) is 6.07 Å². The van der Waals surface area contributed by atoms with Gasteiger partial charge in [-0.3, -0.25) is 0 Å². The molecule has 16 heavy (non-hydrogen) atoms. The Morgan fingerprint density at radius 3 is 2.81 bits per heavy atom. The Morgan fingerprint density at radius 2 is 2.25 bits per heavy atom. The summed E-state index contributed by atoms with van der Waals surface area (Å²) in [4.78, 5) is 2.23. The van der Waals surface area contributed by atoms with Gasteiger partial charge in [0.1, 0.15) is 0 Å². The zero-order valence-electron chi connectivity index (χ0n) is 9.48. The van der Waals surface area contributed by atoms with Crippen LogP contribution in [0.25, 0.3) is 0 Å². The van der Waals surface area contributed by atoms with E-state index in [0.29, 0.717) is 5.41 Å². The van der Waals surface area contributed by atoms with E-state index in [4.69, 9.17) is 5.26 Å². The normalized spacial score (nSPS) is 16.6. The first kappa shape index (κ1) is 11.3. The van der Waals surface area contributed by atoms with Gasteiger partial charge in [0, 0.05) is 19.3 Å². The van der Waals surface area contributed by atoms with E-state index in [1.54, 1.807) is 0 Å². The molecule has 1 fully saturated rings. The molecule has 0 radical (unpaired) electrons. The molecule has 0 aromatic heterocycles. The van der Waals surface area contributed by atoms with E-state index < -0.39 is 0 Å². The maximum Gasteiger partial charge on any atom is 0.0992 e. The number of hydrogen-bond donors (Lipinski definition) is 1. The van der Waals surface area contributed by atoms with Crippen molar-refractivity contribution >= 4 is 18.3 Å². The predicted molar refractivity (Wildman–Crippen MR) is 69.9 cm³/mol. The molecule has 0 saturated heterocycles. The van der Waals surface area contributed by atoms with Crippen molar-refractivity contribution in [2.45, 2.75) is 12.8 Å². The third-order valence-corrected chi connectivity index (χ3v) is 3.95. The van der Waals surface area contributed by atoms with Gasteiger partial charge in [0.25, 0.3) is 0 Å². The minimum atomic E-state index is 0.417. The zero-order chi connectivity index (χ0) is 11.6. The van der Waals surface area contributed by atoms with Gasteiger partial charge in [-0.05, 0) is 42.2 Å². The van der Waals surface area contributed by atoms with Crippen molar-refractivity contribution in [1.82, 2.24) is 0 Å². The molecule has 84 valence electrons. The van der Waals surface area contributed by atoms with Gasteiger partial charge in [0.05, 0.1) is 11.6 Å². The Kier molecular flexibility index (Phi) is 3.11. The molecule has 0 aliphatic heterocycles. The van der Waals surface area contributed by atoms with Crippen LogP contribution in [-0.4, -0.2) is 19.3 Å². The zero-order valence-corrected chi connectivity index (χ0v) is 10.4. The second kappa shape index (κ2) is 4.39. The van der Waals surface area contributed by atoms with E-state index in [1.807, 2.05) is 18.2 Å². The highest BCUT2D eigenvalue weighted by molar-refractivity contribution is 7.80. The fourth-order valence-electron chi connectivity index (χ4n) is 1.95. The van der Waals surface area contributed by atoms with E-state index >= 15 is 0 Å².